The zero-order chi connectivity index (χ0) is 16.8. The van der Waals surface area contributed by atoms with E-state index in [1.54, 1.807) is 0 Å². The van der Waals surface area contributed by atoms with Crippen molar-refractivity contribution in [1.29, 1.82) is 0 Å². The predicted octanol–water partition coefficient (Wildman–Crippen LogP) is 7.19. The molecule has 1 heteroatoms. The molecule has 2 aromatic carbocycles. The van der Waals surface area contributed by atoms with Gasteiger partial charge in [0.25, 0.3) is 0 Å². The van der Waals surface area contributed by atoms with Gasteiger partial charge in [-0.1, -0.05) is 67.8 Å². The highest BCUT2D eigenvalue weighted by atomic mass is 32.2. The van der Waals surface area contributed by atoms with E-state index >= 15 is 0 Å². The van der Waals surface area contributed by atoms with E-state index in [9.17, 15) is 0 Å². The standard InChI is InChI=1S/C22H30S/c1-6-7-8-9-10-20-12-11-16(2)15-21(20)23-22-18(4)13-17(3)14-19(22)5/h11-15H,6-10H2,1-5H3. The Bertz CT molecular complexity index is 632. The lowest BCUT2D eigenvalue weighted by atomic mass is 10.0. The molecule has 23 heavy (non-hydrogen) atoms. The van der Waals surface area contributed by atoms with Crippen LogP contribution in [0.2, 0.25) is 0 Å². The molecule has 0 nitrogen and oxygen atoms in total. The second-order valence-electron chi connectivity index (χ2n) is 6.75. The van der Waals surface area contributed by atoms with E-state index in [1.807, 2.05) is 11.8 Å². The molecule has 0 aliphatic carbocycles. The minimum absolute atomic E-state index is 1.20. The first-order chi connectivity index (χ1) is 11.0. The molecular weight excluding hydrogens is 296 g/mol. The van der Waals surface area contributed by atoms with Gasteiger partial charge >= 0.3 is 0 Å². The van der Waals surface area contributed by atoms with E-state index in [1.165, 1.54) is 69.7 Å². The third-order valence-corrected chi connectivity index (χ3v) is 5.79. The lowest BCUT2D eigenvalue weighted by Crippen LogP contribution is -1.93. The molecule has 0 aliphatic rings. The van der Waals surface area contributed by atoms with Crippen molar-refractivity contribution in [3.05, 3.63) is 58.1 Å². The Morgan fingerprint density at radius 3 is 2.13 bits per heavy atom. The van der Waals surface area contributed by atoms with Gasteiger partial charge in [-0.3, -0.25) is 0 Å². The highest BCUT2D eigenvalue weighted by Gasteiger charge is 2.10. The molecule has 0 bridgehead atoms. The molecule has 0 unspecified atom stereocenters. The summed E-state index contributed by atoms with van der Waals surface area (Å²) in [5.74, 6) is 0. The van der Waals surface area contributed by atoms with Crippen LogP contribution in [0.15, 0.2) is 40.1 Å². The number of benzene rings is 2. The second-order valence-corrected chi connectivity index (χ2v) is 7.80. The van der Waals surface area contributed by atoms with Crippen molar-refractivity contribution in [2.75, 3.05) is 0 Å². The SMILES string of the molecule is CCCCCCc1ccc(C)cc1Sc1c(C)cc(C)cc1C. The maximum atomic E-state index is 2.36. The first kappa shape index (κ1) is 18.1. The molecule has 0 saturated heterocycles. The average Bonchev–Trinajstić information content (AvgIpc) is 2.49. The quantitative estimate of drug-likeness (QED) is 0.485. The Hall–Kier alpha value is -1.21. The number of hydrogen-bond acceptors (Lipinski definition) is 1. The summed E-state index contributed by atoms with van der Waals surface area (Å²) >= 11 is 1.95. The summed E-state index contributed by atoms with van der Waals surface area (Å²) in [5, 5.41) is 0. The normalized spacial score (nSPS) is 11.0. The monoisotopic (exact) mass is 326 g/mol. The third-order valence-electron chi connectivity index (χ3n) is 4.34. The van der Waals surface area contributed by atoms with Crippen LogP contribution in [0.1, 0.15) is 60.4 Å². The van der Waals surface area contributed by atoms with Crippen LogP contribution in [-0.4, -0.2) is 0 Å². The van der Waals surface area contributed by atoms with Gasteiger partial charge in [-0.2, -0.15) is 0 Å². The Morgan fingerprint density at radius 1 is 0.783 bits per heavy atom. The topological polar surface area (TPSA) is 0 Å². The average molecular weight is 327 g/mol. The summed E-state index contributed by atoms with van der Waals surface area (Å²) in [7, 11) is 0. The summed E-state index contributed by atoms with van der Waals surface area (Å²) in [6, 6.07) is 11.5. The Morgan fingerprint density at radius 2 is 1.48 bits per heavy atom. The minimum Gasteiger partial charge on any atom is -0.0892 e. The molecule has 0 amide bonds. The minimum atomic E-state index is 1.20. The van der Waals surface area contributed by atoms with E-state index in [0.717, 1.165) is 0 Å². The van der Waals surface area contributed by atoms with Crippen molar-refractivity contribution >= 4 is 11.8 Å². The molecule has 0 aliphatic heterocycles. The van der Waals surface area contributed by atoms with Crippen LogP contribution >= 0.6 is 11.8 Å². The first-order valence-corrected chi connectivity index (χ1v) is 9.68. The largest absolute Gasteiger partial charge is 0.0892 e. The van der Waals surface area contributed by atoms with E-state index in [4.69, 9.17) is 0 Å². The Kier molecular flexibility index (Phi) is 6.77. The fourth-order valence-corrected chi connectivity index (χ4v) is 4.35. The Balaban J connectivity index is 2.23. The molecular formula is C22H30S. The van der Waals surface area contributed by atoms with Crippen LogP contribution in [0.3, 0.4) is 0 Å². The molecule has 2 aromatic rings. The van der Waals surface area contributed by atoms with Gasteiger partial charge in [0.15, 0.2) is 0 Å². The maximum absolute atomic E-state index is 2.36. The van der Waals surface area contributed by atoms with Crippen molar-refractivity contribution in [3.8, 4) is 0 Å². The fraction of sp³-hybridized carbons (Fsp3) is 0.455. The lowest BCUT2D eigenvalue weighted by molar-refractivity contribution is 0.663. The van der Waals surface area contributed by atoms with Crippen LogP contribution in [0.4, 0.5) is 0 Å². The van der Waals surface area contributed by atoms with Gasteiger partial charge in [-0.15, -0.1) is 0 Å². The van der Waals surface area contributed by atoms with Crippen LogP contribution < -0.4 is 0 Å². The molecule has 0 aromatic heterocycles. The van der Waals surface area contributed by atoms with Gasteiger partial charge in [0.1, 0.15) is 0 Å². The van der Waals surface area contributed by atoms with E-state index in [2.05, 4.69) is 65.0 Å². The van der Waals surface area contributed by atoms with Gasteiger partial charge in [0, 0.05) is 9.79 Å². The molecule has 0 fully saturated rings. The molecule has 2 rings (SSSR count). The van der Waals surface area contributed by atoms with E-state index in [-0.39, 0.29) is 0 Å². The van der Waals surface area contributed by atoms with Crippen LogP contribution in [0.25, 0.3) is 0 Å². The van der Waals surface area contributed by atoms with Crippen molar-refractivity contribution in [2.45, 2.75) is 76.5 Å². The predicted molar refractivity (Wildman–Crippen MR) is 104 cm³/mol. The number of unbranched alkanes of at least 4 members (excludes halogenated alkanes) is 3. The van der Waals surface area contributed by atoms with Gasteiger partial charge < -0.3 is 0 Å². The summed E-state index contributed by atoms with van der Waals surface area (Å²) in [6.45, 7) is 11.1. The summed E-state index contributed by atoms with van der Waals surface area (Å²) < 4.78 is 0. The number of hydrogen-bond donors (Lipinski definition) is 0. The summed E-state index contributed by atoms with van der Waals surface area (Å²) in [6.07, 6.45) is 6.50. The van der Waals surface area contributed by atoms with Crippen molar-refractivity contribution in [1.82, 2.24) is 0 Å². The molecule has 0 radical (unpaired) electrons. The molecule has 0 saturated carbocycles. The molecule has 0 atom stereocenters. The van der Waals surface area contributed by atoms with Gasteiger partial charge in [0.2, 0.25) is 0 Å². The maximum Gasteiger partial charge on any atom is 0.0181 e. The first-order valence-electron chi connectivity index (χ1n) is 8.86. The van der Waals surface area contributed by atoms with E-state index in [0.29, 0.717) is 0 Å². The smallest absolute Gasteiger partial charge is 0.0181 e. The second kappa shape index (κ2) is 8.59. The lowest BCUT2D eigenvalue weighted by Gasteiger charge is -2.14. The highest BCUT2D eigenvalue weighted by Crippen LogP contribution is 2.36. The van der Waals surface area contributed by atoms with Gasteiger partial charge in [-0.05, 0) is 68.9 Å². The summed E-state index contributed by atoms with van der Waals surface area (Å²) in [4.78, 5) is 2.87. The van der Waals surface area contributed by atoms with Crippen molar-refractivity contribution in [2.24, 2.45) is 0 Å². The third kappa shape index (κ3) is 5.14. The zero-order valence-corrected chi connectivity index (χ0v) is 16.1. The van der Waals surface area contributed by atoms with Crippen LogP contribution in [-0.2, 0) is 6.42 Å². The molecule has 0 spiro atoms. The van der Waals surface area contributed by atoms with Crippen LogP contribution in [0.5, 0.6) is 0 Å². The van der Waals surface area contributed by atoms with Gasteiger partial charge in [0.05, 0.1) is 0 Å². The highest BCUT2D eigenvalue weighted by molar-refractivity contribution is 7.99. The van der Waals surface area contributed by atoms with E-state index < -0.39 is 0 Å². The van der Waals surface area contributed by atoms with Crippen molar-refractivity contribution < 1.29 is 0 Å². The van der Waals surface area contributed by atoms with Crippen LogP contribution in [0, 0.1) is 27.7 Å². The summed E-state index contributed by atoms with van der Waals surface area (Å²) in [5.41, 5.74) is 7.01. The number of aryl methyl sites for hydroxylation is 5. The Labute approximate surface area is 146 Å². The molecule has 0 heterocycles. The number of rotatable bonds is 7. The molecule has 0 N–H and O–H groups in total. The fourth-order valence-electron chi connectivity index (χ4n) is 3.14. The zero-order valence-electron chi connectivity index (χ0n) is 15.3. The molecule has 124 valence electrons. The van der Waals surface area contributed by atoms with Gasteiger partial charge in [-0.25, -0.2) is 0 Å². The van der Waals surface area contributed by atoms with Crippen molar-refractivity contribution in [3.63, 3.8) is 0 Å².